The van der Waals surface area contributed by atoms with Crippen LogP contribution in [-0.2, 0) is 0 Å². The van der Waals surface area contributed by atoms with E-state index in [1.54, 1.807) is 30.3 Å². The first-order chi connectivity index (χ1) is 10.4. The summed E-state index contributed by atoms with van der Waals surface area (Å²) >= 11 is 6.20. The van der Waals surface area contributed by atoms with Crippen molar-refractivity contribution in [3.63, 3.8) is 0 Å². The fourth-order valence-corrected chi connectivity index (χ4v) is 2.53. The molecule has 0 bridgehead atoms. The van der Waals surface area contributed by atoms with E-state index >= 15 is 0 Å². The Hall–Kier alpha value is -2.00. The number of nitrogens with two attached hydrogens (primary N) is 1. The van der Waals surface area contributed by atoms with Gasteiger partial charge in [0.1, 0.15) is 5.75 Å². The van der Waals surface area contributed by atoms with E-state index in [1.165, 1.54) is 0 Å². The van der Waals surface area contributed by atoms with Gasteiger partial charge in [-0.05, 0) is 54.8 Å². The molecule has 2 N–H and O–H groups in total. The van der Waals surface area contributed by atoms with Crippen molar-refractivity contribution in [3.8, 4) is 5.75 Å². The second-order valence-electron chi connectivity index (χ2n) is 5.41. The Balaban J connectivity index is 2.57. The lowest BCUT2D eigenvalue weighted by molar-refractivity contribution is 0.103. The normalized spacial score (nSPS) is 10.8. The number of benzene rings is 2. The number of hydrogen-bond donors (Lipinski definition) is 1. The van der Waals surface area contributed by atoms with Crippen LogP contribution >= 0.6 is 11.6 Å². The zero-order valence-electron chi connectivity index (χ0n) is 13.0. The quantitative estimate of drug-likeness (QED) is 0.643. The second-order valence-corrected chi connectivity index (χ2v) is 5.85. The van der Waals surface area contributed by atoms with Gasteiger partial charge in [-0.15, -0.1) is 0 Å². The van der Waals surface area contributed by atoms with Gasteiger partial charge in [0.25, 0.3) is 0 Å². The van der Waals surface area contributed by atoms with Crippen LogP contribution < -0.4 is 10.5 Å². The predicted octanol–water partition coefficient (Wildman–Crippen LogP) is 4.68. The zero-order valence-corrected chi connectivity index (χ0v) is 13.8. The monoisotopic (exact) mass is 317 g/mol. The second kappa shape index (κ2) is 6.84. The predicted molar refractivity (Wildman–Crippen MR) is 91.0 cm³/mol. The number of ketones is 1. The molecule has 0 unspecified atom stereocenters. The van der Waals surface area contributed by atoms with E-state index in [4.69, 9.17) is 22.1 Å². The topological polar surface area (TPSA) is 52.3 Å². The Labute approximate surface area is 136 Å². The minimum atomic E-state index is -0.118. The molecule has 22 heavy (non-hydrogen) atoms. The van der Waals surface area contributed by atoms with E-state index in [0.29, 0.717) is 34.2 Å². The molecule has 2 aromatic carbocycles. The van der Waals surface area contributed by atoms with Crippen LogP contribution in [0.5, 0.6) is 5.75 Å². The lowest BCUT2D eigenvalue weighted by Crippen LogP contribution is -2.09. The van der Waals surface area contributed by atoms with Crippen LogP contribution in [0, 0.1) is 0 Å². The van der Waals surface area contributed by atoms with E-state index in [-0.39, 0.29) is 11.7 Å². The lowest BCUT2D eigenvalue weighted by atomic mass is 9.95. The summed E-state index contributed by atoms with van der Waals surface area (Å²) in [5.74, 6) is 0.704. The Morgan fingerprint density at radius 1 is 1.23 bits per heavy atom. The first-order valence-electron chi connectivity index (χ1n) is 7.30. The Morgan fingerprint density at radius 3 is 2.41 bits per heavy atom. The molecule has 0 saturated carbocycles. The van der Waals surface area contributed by atoms with Gasteiger partial charge in [-0.25, -0.2) is 0 Å². The van der Waals surface area contributed by atoms with Crippen molar-refractivity contribution >= 4 is 23.1 Å². The number of carbonyl (C=O) groups is 1. The van der Waals surface area contributed by atoms with E-state index < -0.39 is 0 Å². The van der Waals surface area contributed by atoms with Gasteiger partial charge in [0.2, 0.25) is 0 Å². The third-order valence-electron chi connectivity index (χ3n) is 3.41. The molecule has 0 atom stereocenters. The molecule has 0 fully saturated rings. The molecule has 0 aliphatic carbocycles. The number of anilines is 1. The highest BCUT2D eigenvalue weighted by Gasteiger charge is 2.20. The van der Waals surface area contributed by atoms with Crippen molar-refractivity contribution in [1.29, 1.82) is 0 Å². The molecule has 0 aromatic heterocycles. The van der Waals surface area contributed by atoms with Crippen LogP contribution in [-0.4, -0.2) is 12.4 Å². The average Bonchev–Trinajstić information content (AvgIpc) is 2.48. The number of rotatable bonds is 5. The summed E-state index contributed by atoms with van der Waals surface area (Å²) in [6.07, 6.45) is 0. The third-order valence-corrected chi connectivity index (χ3v) is 3.63. The van der Waals surface area contributed by atoms with E-state index in [2.05, 4.69) is 0 Å². The molecule has 0 aliphatic heterocycles. The highest BCUT2D eigenvalue weighted by molar-refractivity contribution is 6.31. The molecule has 0 spiro atoms. The Bertz CT molecular complexity index is 678. The highest BCUT2D eigenvalue weighted by Crippen LogP contribution is 2.35. The summed E-state index contributed by atoms with van der Waals surface area (Å²) < 4.78 is 5.75. The molecular formula is C18H20ClNO2. The Kier molecular flexibility index (Phi) is 5.09. The minimum Gasteiger partial charge on any atom is -0.493 e. The van der Waals surface area contributed by atoms with Crippen LogP contribution in [0.25, 0.3) is 0 Å². The fraction of sp³-hybridized carbons (Fsp3) is 0.278. The van der Waals surface area contributed by atoms with E-state index in [0.717, 1.165) is 5.56 Å². The number of hydrogen-bond acceptors (Lipinski definition) is 3. The molecule has 0 amide bonds. The molecule has 2 rings (SSSR count). The number of nitrogen functional groups attached to an aromatic ring is 1. The molecular weight excluding hydrogens is 298 g/mol. The average molecular weight is 318 g/mol. The van der Waals surface area contributed by atoms with Crippen molar-refractivity contribution in [3.05, 3.63) is 58.1 Å². The van der Waals surface area contributed by atoms with Crippen molar-refractivity contribution in [2.45, 2.75) is 26.7 Å². The number of carbonyl (C=O) groups excluding carboxylic acids is 1. The number of ether oxygens (including phenoxy) is 1. The maximum Gasteiger partial charge on any atom is 0.196 e. The largest absolute Gasteiger partial charge is 0.493 e. The molecule has 0 radical (unpaired) electrons. The number of halogens is 1. The molecule has 3 nitrogen and oxygen atoms in total. The summed E-state index contributed by atoms with van der Waals surface area (Å²) in [6.45, 7) is 6.48. The molecule has 2 aromatic rings. The van der Waals surface area contributed by atoms with Crippen LogP contribution in [0.4, 0.5) is 5.69 Å². The minimum absolute atomic E-state index is 0.118. The summed E-state index contributed by atoms with van der Waals surface area (Å²) in [6, 6.07) is 10.4. The van der Waals surface area contributed by atoms with E-state index in [1.807, 2.05) is 26.8 Å². The maximum atomic E-state index is 12.8. The smallest absolute Gasteiger partial charge is 0.196 e. The van der Waals surface area contributed by atoms with Gasteiger partial charge in [-0.1, -0.05) is 25.4 Å². The van der Waals surface area contributed by atoms with Gasteiger partial charge in [0.05, 0.1) is 12.2 Å². The van der Waals surface area contributed by atoms with Crippen molar-refractivity contribution in [2.75, 3.05) is 12.3 Å². The van der Waals surface area contributed by atoms with Crippen LogP contribution in [0.15, 0.2) is 36.4 Å². The summed E-state index contributed by atoms with van der Waals surface area (Å²) in [5.41, 5.74) is 8.28. The van der Waals surface area contributed by atoms with Gasteiger partial charge in [-0.2, -0.15) is 0 Å². The molecule has 0 heterocycles. The lowest BCUT2D eigenvalue weighted by Gasteiger charge is -2.17. The Morgan fingerprint density at radius 2 is 1.86 bits per heavy atom. The fourth-order valence-electron chi connectivity index (χ4n) is 2.31. The maximum absolute atomic E-state index is 12.8. The molecule has 0 saturated heterocycles. The first-order valence-corrected chi connectivity index (χ1v) is 7.68. The van der Waals surface area contributed by atoms with Gasteiger partial charge >= 0.3 is 0 Å². The zero-order chi connectivity index (χ0) is 16.3. The van der Waals surface area contributed by atoms with Crippen LogP contribution in [0.3, 0.4) is 0 Å². The van der Waals surface area contributed by atoms with Gasteiger partial charge in [-0.3, -0.25) is 4.79 Å². The van der Waals surface area contributed by atoms with Crippen molar-refractivity contribution in [1.82, 2.24) is 0 Å². The van der Waals surface area contributed by atoms with E-state index in [9.17, 15) is 4.79 Å². The SMILES string of the molecule is CCOc1c(C(=O)c2ccc(N)cc2)cc(Cl)cc1C(C)C. The van der Waals surface area contributed by atoms with Crippen molar-refractivity contribution < 1.29 is 9.53 Å². The van der Waals surface area contributed by atoms with Crippen molar-refractivity contribution in [2.24, 2.45) is 0 Å². The summed E-state index contributed by atoms with van der Waals surface area (Å²) in [5, 5.41) is 0.533. The van der Waals surface area contributed by atoms with Gasteiger partial charge in [0.15, 0.2) is 5.78 Å². The van der Waals surface area contributed by atoms with Crippen LogP contribution in [0.2, 0.25) is 5.02 Å². The third kappa shape index (κ3) is 3.42. The summed E-state index contributed by atoms with van der Waals surface area (Å²) in [4.78, 5) is 12.8. The first kappa shape index (κ1) is 16.4. The van der Waals surface area contributed by atoms with Gasteiger partial charge in [0, 0.05) is 16.3 Å². The van der Waals surface area contributed by atoms with Crippen LogP contribution in [0.1, 0.15) is 48.2 Å². The highest BCUT2D eigenvalue weighted by atomic mass is 35.5. The van der Waals surface area contributed by atoms with Gasteiger partial charge < -0.3 is 10.5 Å². The molecule has 0 aliphatic rings. The molecule has 4 heteroatoms. The summed E-state index contributed by atoms with van der Waals surface area (Å²) in [7, 11) is 0. The standard InChI is InChI=1S/C18H20ClNO2/c1-4-22-18-15(11(2)3)9-13(19)10-16(18)17(21)12-5-7-14(20)8-6-12/h5-11H,4,20H2,1-3H3. The molecule has 116 valence electrons.